The number of H-pyrrole nitrogens is 1. The SMILES string of the molecule is O=C(O)C(CCc1ccc(F)cc1F)c1c(-c2ccccc2)[nH]c2ccccc12. The normalized spacial score (nSPS) is 12.2. The number of aryl methyl sites for hydroxylation is 1. The molecule has 0 saturated carbocycles. The van der Waals surface area contributed by atoms with Gasteiger partial charge in [-0.2, -0.15) is 0 Å². The van der Waals surface area contributed by atoms with Crippen molar-refractivity contribution in [1.82, 2.24) is 4.98 Å². The highest BCUT2D eigenvalue weighted by molar-refractivity contribution is 5.95. The summed E-state index contributed by atoms with van der Waals surface area (Å²) in [5, 5.41) is 10.8. The molecule has 0 spiro atoms. The maximum absolute atomic E-state index is 14.0. The van der Waals surface area contributed by atoms with Gasteiger partial charge >= 0.3 is 5.97 Å². The first-order valence-electron chi connectivity index (χ1n) is 9.37. The van der Waals surface area contributed by atoms with E-state index < -0.39 is 23.5 Å². The van der Waals surface area contributed by atoms with Crippen molar-refractivity contribution in [3.05, 3.63) is 95.6 Å². The minimum absolute atomic E-state index is 0.191. The zero-order valence-corrected chi connectivity index (χ0v) is 15.5. The Balaban J connectivity index is 1.78. The number of carboxylic acids is 1. The van der Waals surface area contributed by atoms with Crippen molar-refractivity contribution in [3.8, 4) is 11.3 Å². The number of para-hydroxylation sites is 1. The van der Waals surface area contributed by atoms with Gasteiger partial charge in [-0.1, -0.05) is 54.6 Å². The monoisotopic (exact) mass is 391 g/mol. The van der Waals surface area contributed by atoms with Crippen LogP contribution in [0.1, 0.15) is 23.5 Å². The number of aliphatic carboxylic acids is 1. The number of aromatic nitrogens is 1. The Morgan fingerprint density at radius 2 is 1.69 bits per heavy atom. The molecule has 29 heavy (non-hydrogen) atoms. The van der Waals surface area contributed by atoms with E-state index in [2.05, 4.69) is 4.98 Å². The molecular weight excluding hydrogens is 372 g/mol. The molecule has 0 saturated heterocycles. The Morgan fingerprint density at radius 3 is 2.41 bits per heavy atom. The Hall–Kier alpha value is -3.47. The van der Waals surface area contributed by atoms with Crippen molar-refractivity contribution in [3.63, 3.8) is 0 Å². The van der Waals surface area contributed by atoms with Crippen LogP contribution in [0.4, 0.5) is 8.78 Å². The van der Waals surface area contributed by atoms with Gasteiger partial charge in [-0.3, -0.25) is 4.79 Å². The molecule has 3 aromatic carbocycles. The van der Waals surface area contributed by atoms with Gasteiger partial charge in [0.25, 0.3) is 0 Å². The molecule has 1 atom stereocenters. The van der Waals surface area contributed by atoms with Gasteiger partial charge in [-0.15, -0.1) is 0 Å². The van der Waals surface area contributed by atoms with Crippen LogP contribution in [0.5, 0.6) is 0 Å². The van der Waals surface area contributed by atoms with Crippen LogP contribution in [0.2, 0.25) is 0 Å². The van der Waals surface area contributed by atoms with Crippen molar-refractivity contribution in [2.45, 2.75) is 18.8 Å². The Kier molecular flexibility index (Phi) is 5.12. The molecule has 0 aliphatic carbocycles. The molecule has 0 bridgehead atoms. The number of halogens is 2. The molecule has 0 fully saturated rings. The average Bonchev–Trinajstić information content (AvgIpc) is 3.09. The summed E-state index contributed by atoms with van der Waals surface area (Å²) >= 11 is 0. The highest BCUT2D eigenvalue weighted by Gasteiger charge is 2.27. The minimum Gasteiger partial charge on any atom is -0.481 e. The maximum Gasteiger partial charge on any atom is 0.311 e. The molecule has 0 aliphatic heterocycles. The smallest absolute Gasteiger partial charge is 0.311 e. The lowest BCUT2D eigenvalue weighted by Crippen LogP contribution is -2.14. The van der Waals surface area contributed by atoms with Gasteiger partial charge < -0.3 is 10.1 Å². The molecular formula is C24H19F2NO2. The molecule has 1 unspecified atom stereocenters. The van der Waals surface area contributed by atoms with Crippen molar-refractivity contribution >= 4 is 16.9 Å². The molecule has 5 heteroatoms. The largest absolute Gasteiger partial charge is 0.481 e. The van der Waals surface area contributed by atoms with Gasteiger partial charge in [0.1, 0.15) is 11.6 Å². The van der Waals surface area contributed by atoms with Crippen molar-refractivity contribution in [2.75, 3.05) is 0 Å². The fourth-order valence-electron chi connectivity index (χ4n) is 3.77. The van der Waals surface area contributed by atoms with Gasteiger partial charge in [0, 0.05) is 17.0 Å². The summed E-state index contributed by atoms with van der Waals surface area (Å²) < 4.78 is 27.2. The van der Waals surface area contributed by atoms with Crippen molar-refractivity contribution in [2.24, 2.45) is 0 Å². The van der Waals surface area contributed by atoms with Crippen LogP contribution in [0.3, 0.4) is 0 Å². The average molecular weight is 391 g/mol. The van der Waals surface area contributed by atoms with E-state index >= 15 is 0 Å². The second kappa shape index (κ2) is 7.87. The zero-order chi connectivity index (χ0) is 20.4. The molecule has 1 aromatic heterocycles. The second-order valence-electron chi connectivity index (χ2n) is 6.99. The lowest BCUT2D eigenvalue weighted by molar-refractivity contribution is -0.138. The second-order valence-corrected chi connectivity index (χ2v) is 6.99. The molecule has 0 radical (unpaired) electrons. The topological polar surface area (TPSA) is 53.1 Å². The van der Waals surface area contributed by atoms with E-state index in [1.807, 2.05) is 54.6 Å². The molecule has 1 heterocycles. The van der Waals surface area contributed by atoms with Crippen LogP contribution >= 0.6 is 0 Å². The van der Waals surface area contributed by atoms with Crippen molar-refractivity contribution < 1.29 is 18.7 Å². The number of fused-ring (bicyclic) bond motifs is 1. The third-order valence-electron chi connectivity index (χ3n) is 5.17. The fourth-order valence-corrected chi connectivity index (χ4v) is 3.77. The van der Waals surface area contributed by atoms with Crippen LogP contribution in [-0.4, -0.2) is 16.1 Å². The van der Waals surface area contributed by atoms with Gasteiger partial charge in [0.15, 0.2) is 0 Å². The van der Waals surface area contributed by atoms with Crippen LogP contribution in [0, 0.1) is 11.6 Å². The summed E-state index contributed by atoms with van der Waals surface area (Å²) in [4.78, 5) is 15.6. The first-order valence-corrected chi connectivity index (χ1v) is 9.37. The zero-order valence-electron chi connectivity index (χ0n) is 15.5. The van der Waals surface area contributed by atoms with Crippen LogP contribution < -0.4 is 0 Å². The summed E-state index contributed by atoms with van der Waals surface area (Å²) in [7, 11) is 0. The maximum atomic E-state index is 14.0. The molecule has 0 amide bonds. The fraction of sp³-hybridized carbons (Fsp3) is 0.125. The molecule has 4 rings (SSSR count). The van der Waals surface area contributed by atoms with Gasteiger partial charge in [0.05, 0.1) is 11.6 Å². The van der Waals surface area contributed by atoms with E-state index in [-0.39, 0.29) is 12.8 Å². The number of hydrogen-bond donors (Lipinski definition) is 2. The number of carboxylic acid groups (broad SMARTS) is 1. The summed E-state index contributed by atoms with van der Waals surface area (Å²) in [6.07, 6.45) is 0.385. The van der Waals surface area contributed by atoms with Crippen LogP contribution in [-0.2, 0) is 11.2 Å². The Bertz CT molecular complexity index is 1170. The van der Waals surface area contributed by atoms with Gasteiger partial charge in [0.2, 0.25) is 0 Å². The summed E-state index contributed by atoms with van der Waals surface area (Å²) in [5.74, 6) is -3.12. The lowest BCUT2D eigenvalue weighted by atomic mass is 9.88. The predicted octanol–water partition coefficient (Wildman–Crippen LogP) is 5.91. The lowest BCUT2D eigenvalue weighted by Gasteiger charge is -2.15. The highest BCUT2D eigenvalue weighted by atomic mass is 19.1. The highest BCUT2D eigenvalue weighted by Crippen LogP contribution is 2.38. The molecule has 3 nitrogen and oxygen atoms in total. The van der Waals surface area contributed by atoms with E-state index in [1.165, 1.54) is 12.1 Å². The van der Waals surface area contributed by atoms with E-state index in [0.717, 1.165) is 28.2 Å². The molecule has 2 N–H and O–H groups in total. The van der Waals surface area contributed by atoms with Crippen molar-refractivity contribution in [1.29, 1.82) is 0 Å². The standard InChI is InChI=1S/C24H19F2NO2/c25-17-12-10-15(20(26)14-17)11-13-19(24(28)29)22-18-8-4-5-9-21(18)27-23(22)16-6-2-1-3-7-16/h1-10,12,14,19,27H,11,13H2,(H,28,29). The van der Waals surface area contributed by atoms with E-state index in [9.17, 15) is 18.7 Å². The Labute approximate surface area is 166 Å². The number of nitrogens with one attached hydrogen (secondary N) is 1. The Morgan fingerprint density at radius 1 is 0.966 bits per heavy atom. The number of aromatic amines is 1. The van der Waals surface area contributed by atoms with Gasteiger partial charge in [-0.05, 0) is 41.7 Å². The van der Waals surface area contributed by atoms with Crippen LogP contribution in [0.15, 0.2) is 72.8 Å². The summed E-state index contributed by atoms with van der Waals surface area (Å²) in [6.45, 7) is 0. The number of hydrogen-bond acceptors (Lipinski definition) is 1. The summed E-state index contributed by atoms with van der Waals surface area (Å²) in [5.41, 5.74) is 3.47. The molecule has 4 aromatic rings. The van der Waals surface area contributed by atoms with Gasteiger partial charge in [-0.25, -0.2) is 8.78 Å². The van der Waals surface area contributed by atoms with Crippen LogP contribution in [0.25, 0.3) is 22.2 Å². The first kappa shape index (κ1) is 18.9. The first-order chi connectivity index (χ1) is 14.0. The molecule has 0 aliphatic rings. The number of carbonyl (C=O) groups is 1. The molecule has 146 valence electrons. The third-order valence-corrected chi connectivity index (χ3v) is 5.17. The predicted molar refractivity (Wildman–Crippen MR) is 109 cm³/mol. The quantitative estimate of drug-likeness (QED) is 0.429. The third kappa shape index (κ3) is 3.76. The summed E-state index contributed by atoms with van der Waals surface area (Å²) in [6, 6.07) is 20.5. The minimum atomic E-state index is -0.977. The van der Waals surface area contributed by atoms with E-state index in [4.69, 9.17) is 0 Å². The van der Waals surface area contributed by atoms with E-state index in [0.29, 0.717) is 11.1 Å². The van der Waals surface area contributed by atoms with E-state index in [1.54, 1.807) is 0 Å². The number of benzene rings is 3. The number of rotatable bonds is 6.